The van der Waals surface area contributed by atoms with Crippen molar-refractivity contribution in [2.24, 2.45) is 0 Å². The summed E-state index contributed by atoms with van der Waals surface area (Å²) in [6.45, 7) is 3.08. The molecule has 4 heteroatoms. The van der Waals surface area contributed by atoms with E-state index in [9.17, 15) is 0 Å². The van der Waals surface area contributed by atoms with Gasteiger partial charge in [-0.05, 0) is 36.8 Å². The van der Waals surface area contributed by atoms with Gasteiger partial charge in [-0.25, -0.2) is 4.98 Å². The first-order valence-corrected chi connectivity index (χ1v) is 6.94. The van der Waals surface area contributed by atoms with Crippen molar-refractivity contribution in [3.8, 4) is 0 Å². The van der Waals surface area contributed by atoms with Gasteiger partial charge in [0.1, 0.15) is 11.6 Å². The van der Waals surface area contributed by atoms with Crippen molar-refractivity contribution in [1.82, 2.24) is 4.98 Å². The monoisotopic (exact) mass is 270 g/mol. The molecule has 20 heavy (non-hydrogen) atoms. The molecule has 0 unspecified atom stereocenters. The lowest BCUT2D eigenvalue weighted by atomic mass is 10.2. The van der Waals surface area contributed by atoms with E-state index in [-0.39, 0.29) is 0 Å². The lowest BCUT2D eigenvalue weighted by Crippen LogP contribution is -2.08. The highest BCUT2D eigenvalue weighted by Gasteiger charge is 2.00. The largest absolute Gasteiger partial charge is 0.378 e. The molecule has 0 aliphatic carbocycles. The quantitative estimate of drug-likeness (QED) is 0.839. The smallest absolute Gasteiger partial charge is 0.132 e. The van der Waals surface area contributed by atoms with Gasteiger partial charge in [-0.15, -0.1) is 0 Å². The molecule has 0 saturated heterocycles. The third kappa shape index (κ3) is 3.88. The number of nitrogens with zero attached hydrogens (tertiary/aromatic N) is 2. The summed E-state index contributed by atoms with van der Waals surface area (Å²) in [6.07, 6.45) is 1.09. The number of aromatic nitrogens is 1. The molecule has 2 rings (SSSR count). The molecule has 1 aromatic heterocycles. The molecule has 0 bridgehead atoms. The van der Waals surface area contributed by atoms with Crippen LogP contribution in [0.1, 0.15) is 13.3 Å². The number of benzene rings is 1. The number of hydrogen-bond donors (Lipinski definition) is 2. The molecule has 0 aliphatic heterocycles. The van der Waals surface area contributed by atoms with E-state index in [0.717, 1.165) is 36.0 Å². The van der Waals surface area contributed by atoms with E-state index in [1.807, 2.05) is 44.4 Å². The van der Waals surface area contributed by atoms with Crippen LogP contribution in [-0.2, 0) is 0 Å². The number of pyridine rings is 1. The van der Waals surface area contributed by atoms with Gasteiger partial charge in [0.15, 0.2) is 0 Å². The fourth-order valence-electron chi connectivity index (χ4n) is 1.87. The second-order valence-electron chi connectivity index (χ2n) is 4.90. The first-order valence-electron chi connectivity index (χ1n) is 6.94. The van der Waals surface area contributed by atoms with E-state index in [1.54, 1.807) is 0 Å². The molecule has 0 amide bonds. The number of nitrogens with one attached hydrogen (secondary N) is 2. The Morgan fingerprint density at radius 1 is 1.05 bits per heavy atom. The van der Waals surface area contributed by atoms with E-state index in [1.165, 1.54) is 0 Å². The molecule has 1 heterocycles. The molecule has 0 fully saturated rings. The minimum Gasteiger partial charge on any atom is -0.378 e. The highest BCUT2D eigenvalue weighted by molar-refractivity contribution is 5.63. The molecule has 0 radical (unpaired) electrons. The third-order valence-corrected chi connectivity index (χ3v) is 2.94. The Morgan fingerprint density at radius 3 is 2.55 bits per heavy atom. The SMILES string of the molecule is CCCNc1cccc(Nc2cccc(N(C)C)c2)n1. The number of hydrogen-bond acceptors (Lipinski definition) is 4. The number of anilines is 4. The maximum atomic E-state index is 4.54. The molecule has 0 atom stereocenters. The van der Waals surface area contributed by atoms with Crippen molar-refractivity contribution < 1.29 is 0 Å². The molecule has 0 aliphatic rings. The molecule has 0 spiro atoms. The summed E-state index contributed by atoms with van der Waals surface area (Å²) >= 11 is 0. The van der Waals surface area contributed by atoms with Crippen LogP contribution >= 0.6 is 0 Å². The zero-order chi connectivity index (χ0) is 14.4. The standard InChI is InChI=1S/C16H22N4/c1-4-11-17-15-9-6-10-16(19-15)18-13-7-5-8-14(12-13)20(2)3/h5-10,12H,4,11H2,1-3H3,(H2,17,18,19). The Bertz CT molecular complexity index is 552. The molecule has 2 aromatic rings. The summed E-state index contributed by atoms with van der Waals surface area (Å²) in [5, 5.41) is 6.63. The highest BCUT2D eigenvalue weighted by Crippen LogP contribution is 2.21. The van der Waals surface area contributed by atoms with Crippen molar-refractivity contribution >= 4 is 23.0 Å². The zero-order valence-electron chi connectivity index (χ0n) is 12.4. The Hall–Kier alpha value is -2.23. The van der Waals surface area contributed by atoms with Crippen LogP contribution in [0.3, 0.4) is 0 Å². The summed E-state index contributed by atoms with van der Waals surface area (Å²) in [5.74, 6) is 1.75. The Labute approximate surface area is 120 Å². The van der Waals surface area contributed by atoms with Gasteiger partial charge in [0.25, 0.3) is 0 Å². The second kappa shape index (κ2) is 6.80. The summed E-state index contributed by atoms with van der Waals surface area (Å²) in [4.78, 5) is 6.63. The van der Waals surface area contributed by atoms with Gasteiger partial charge in [-0.3, -0.25) is 0 Å². The average Bonchev–Trinajstić information content (AvgIpc) is 2.46. The molecular formula is C16H22N4. The van der Waals surface area contributed by atoms with E-state index < -0.39 is 0 Å². The second-order valence-corrected chi connectivity index (χ2v) is 4.90. The first kappa shape index (κ1) is 14.2. The summed E-state index contributed by atoms with van der Waals surface area (Å²) in [7, 11) is 4.07. The molecule has 1 aromatic carbocycles. The fraction of sp³-hybridized carbons (Fsp3) is 0.312. The van der Waals surface area contributed by atoms with E-state index >= 15 is 0 Å². The highest BCUT2D eigenvalue weighted by atomic mass is 15.1. The summed E-state index contributed by atoms with van der Waals surface area (Å²) < 4.78 is 0. The molecule has 106 valence electrons. The van der Waals surface area contributed by atoms with Gasteiger partial charge < -0.3 is 15.5 Å². The minimum absolute atomic E-state index is 0.849. The Balaban J connectivity index is 2.11. The molecular weight excluding hydrogens is 248 g/mol. The van der Waals surface area contributed by atoms with Crippen LogP contribution in [0.25, 0.3) is 0 Å². The van der Waals surface area contributed by atoms with E-state index in [2.05, 4.69) is 39.6 Å². The number of rotatable bonds is 6. The van der Waals surface area contributed by atoms with Crippen molar-refractivity contribution in [3.05, 3.63) is 42.5 Å². The van der Waals surface area contributed by atoms with E-state index in [0.29, 0.717) is 0 Å². The van der Waals surface area contributed by atoms with Crippen molar-refractivity contribution in [2.75, 3.05) is 36.2 Å². The normalized spacial score (nSPS) is 10.2. The van der Waals surface area contributed by atoms with Crippen LogP contribution in [0.15, 0.2) is 42.5 Å². The van der Waals surface area contributed by atoms with Crippen molar-refractivity contribution in [3.63, 3.8) is 0 Å². The predicted molar refractivity (Wildman–Crippen MR) is 87.1 cm³/mol. The fourth-order valence-corrected chi connectivity index (χ4v) is 1.87. The lowest BCUT2D eigenvalue weighted by Gasteiger charge is -2.14. The topological polar surface area (TPSA) is 40.2 Å². The van der Waals surface area contributed by atoms with Gasteiger partial charge >= 0.3 is 0 Å². The predicted octanol–water partition coefficient (Wildman–Crippen LogP) is 3.71. The van der Waals surface area contributed by atoms with Gasteiger partial charge in [0.05, 0.1) is 0 Å². The van der Waals surface area contributed by atoms with Crippen LogP contribution in [0.2, 0.25) is 0 Å². The Kier molecular flexibility index (Phi) is 4.82. The van der Waals surface area contributed by atoms with Crippen LogP contribution in [0, 0.1) is 0 Å². The van der Waals surface area contributed by atoms with Gasteiger partial charge in [-0.1, -0.05) is 19.1 Å². The van der Waals surface area contributed by atoms with Gasteiger partial charge in [0.2, 0.25) is 0 Å². The molecule has 4 nitrogen and oxygen atoms in total. The van der Waals surface area contributed by atoms with Crippen molar-refractivity contribution in [1.29, 1.82) is 0 Å². The lowest BCUT2D eigenvalue weighted by molar-refractivity contribution is 0.970. The maximum absolute atomic E-state index is 4.54. The average molecular weight is 270 g/mol. The van der Waals surface area contributed by atoms with E-state index in [4.69, 9.17) is 0 Å². The van der Waals surface area contributed by atoms with Gasteiger partial charge in [-0.2, -0.15) is 0 Å². The van der Waals surface area contributed by atoms with Crippen LogP contribution in [-0.4, -0.2) is 25.6 Å². The van der Waals surface area contributed by atoms with Crippen LogP contribution < -0.4 is 15.5 Å². The van der Waals surface area contributed by atoms with Crippen LogP contribution in [0.5, 0.6) is 0 Å². The molecule has 0 saturated carbocycles. The van der Waals surface area contributed by atoms with Crippen molar-refractivity contribution in [2.45, 2.75) is 13.3 Å². The summed E-state index contributed by atoms with van der Waals surface area (Å²) in [5.41, 5.74) is 2.20. The maximum Gasteiger partial charge on any atom is 0.132 e. The minimum atomic E-state index is 0.849. The Morgan fingerprint density at radius 2 is 1.80 bits per heavy atom. The third-order valence-electron chi connectivity index (χ3n) is 2.94. The zero-order valence-corrected chi connectivity index (χ0v) is 12.4. The molecule has 2 N–H and O–H groups in total. The first-order chi connectivity index (χ1) is 9.69. The van der Waals surface area contributed by atoms with Gasteiger partial charge in [0, 0.05) is 32.0 Å². The summed E-state index contributed by atoms with van der Waals surface area (Å²) in [6, 6.07) is 14.2. The van der Waals surface area contributed by atoms with Crippen LogP contribution in [0.4, 0.5) is 23.0 Å².